The molecule has 8 heteroatoms. The third-order valence-corrected chi connectivity index (χ3v) is 4.45. The number of amides is 2. The molecule has 0 atom stereocenters. The van der Waals surface area contributed by atoms with Crippen LogP contribution in [0.15, 0.2) is 47.8 Å². The van der Waals surface area contributed by atoms with E-state index in [1.54, 1.807) is 30.5 Å². The third-order valence-electron chi connectivity index (χ3n) is 4.45. The first kappa shape index (κ1) is 17.5. The molecular formula is C20H17N5O3. The number of H-pyrrole nitrogens is 2. The van der Waals surface area contributed by atoms with Crippen LogP contribution in [0.25, 0.3) is 33.1 Å². The Bertz CT molecular complexity index is 1250. The maximum absolute atomic E-state index is 11.7. The van der Waals surface area contributed by atoms with E-state index in [2.05, 4.69) is 25.8 Å². The predicted molar refractivity (Wildman–Crippen MR) is 110 cm³/mol. The number of hydrogen-bond donors (Lipinski definition) is 4. The lowest BCUT2D eigenvalue weighted by atomic mass is 10.1. The summed E-state index contributed by atoms with van der Waals surface area (Å²) >= 11 is 0. The van der Waals surface area contributed by atoms with Crippen LogP contribution in [0.2, 0.25) is 0 Å². The average molecular weight is 375 g/mol. The minimum Gasteiger partial charge on any atom is -0.360 e. The third kappa shape index (κ3) is 3.01. The van der Waals surface area contributed by atoms with Crippen molar-refractivity contribution in [2.45, 2.75) is 13.8 Å². The number of nitroso groups, excluding NO2 is 1. The Labute approximate surface area is 159 Å². The number of anilines is 2. The molecule has 0 radical (unpaired) electrons. The molecule has 4 N–H and O–H groups in total. The van der Waals surface area contributed by atoms with Crippen molar-refractivity contribution in [2.24, 2.45) is 5.18 Å². The number of nitrogens with zero attached hydrogens (tertiary/aromatic N) is 1. The van der Waals surface area contributed by atoms with Crippen LogP contribution in [0.1, 0.15) is 13.8 Å². The summed E-state index contributed by atoms with van der Waals surface area (Å²) in [5.74, 6) is -0.361. The molecule has 2 heterocycles. The fourth-order valence-electron chi connectivity index (χ4n) is 3.36. The molecule has 2 aromatic heterocycles. The molecule has 28 heavy (non-hydrogen) atoms. The Kier molecular flexibility index (Phi) is 4.15. The van der Waals surface area contributed by atoms with Crippen molar-refractivity contribution in [3.63, 3.8) is 0 Å². The normalized spacial score (nSPS) is 10.9. The van der Waals surface area contributed by atoms with Crippen LogP contribution in [0, 0.1) is 4.91 Å². The summed E-state index contributed by atoms with van der Waals surface area (Å²) < 4.78 is 0. The highest BCUT2D eigenvalue weighted by Gasteiger charge is 2.18. The monoisotopic (exact) mass is 375 g/mol. The largest absolute Gasteiger partial charge is 0.360 e. The molecule has 0 aliphatic carbocycles. The van der Waals surface area contributed by atoms with E-state index in [1.807, 2.05) is 12.1 Å². The number of aromatic nitrogens is 2. The Hall–Kier alpha value is -3.94. The van der Waals surface area contributed by atoms with Gasteiger partial charge in [-0.25, -0.2) is 0 Å². The van der Waals surface area contributed by atoms with Gasteiger partial charge in [-0.2, -0.15) is 0 Å². The lowest BCUT2D eigenvalue weighted by Gasteiger charge is -2.03. The minimum atomic E-state index is -0.196. The number of fused-ring (bicyclic) bond motifs is 2. The highest BCUT2D eigenvalue weighted by atomic mass is 16.3. The Balaban J connectivity index is 1.89. The van der Waals surface area contributed by atoms with Crippen LogP contribution in [-0.2, 0) is 9.59 Å². The zero-order chi connectivity index (χ0) is 19.8. The molecule has 0 saturated heterocycles. The summed E-state index contributed by atoms with van der Waals surface area (Å²) in [5, 5.41) is 10.1. The van der Waals surface area contributed by atoms with Crippen molar-refractivity contribution in [1.29, 1.82) is 0 Å². The average Bonchev–Trinajstić information content (AvgIpc) is 3.20. The molecule has 0 aliphatic rings. The molecule has 4 aromatic rings. The second-order valence-electron chi connectivity index (χ2n) is 6.53. The Morgan fingerprint density at radius 1 is 0.893 bits per heavy atom. The molecular weight excluding hydrogens is 358 g/mol. The van der Waals surface area contributed by atoms with Crippen LogP contribution in [-0.4, -0.2) is 21.8 Å². The van der Waals surface area contributed by atoms with Gasteiger partial charge >= 0.3 is 0 Å². The predicted octanol–water partition coefficient (Wildman–Crippen LogP) is 4.63. The van der Waals surface area contributed by atoms with Crippen molar-refractivity contribution >= 4 is 50.7 Å². The molecule has 2 aromatic carbocycles. The first-order valence-electron chi connectivity index (χ1n) is 8.62. The van der Waals surface area contributed by atoms with Gasteiger partial charge in [0.05, 0.1) is 5.69 Å². The fraction of sp³-hybridized carbons (Fsp3) is 0.100. The van der Waals surface area contributed by atoms with Gasteiger partial charge in [-0.15, -0.1) is 4.91 Å². The Morgan fingerprint density at radius 2 is 1.50 bits per heavy atom. The number of benzene rings is 2. The SMILES string of the molecule is CC(=O)Nc1ccc2[nH]cc(-c3[nH]c4ccc(NC(C)=O)cc4c3N=O)c2c1. The summed E-state index contributed by atoms with van der Waals surface area (Å²) in [5.41, 5.74) is 4.41. The van der Waals surface area contributed by atoms with Crippen molar-refractivity contribution in [3.05, 3.63) is 47.5 Å². The minimum absolute atomic E-state index is 0.164. The highest BCUT2D eigenvalue weighted by Crippen LogP contribution is 2.41. The fourth-order valence-corrected chi connectivity index (χ4v) is 3.36. The highest BCUT2D eigenvalue weighted by molar-refractivity contribution is 6.07. The maximum Gasteiger partial charge on any atom is 0.221 e. The first-order valence-corrected chi connectivity index (χ1v) is 8.62. The van der Waals surface area contributed by atoms with E-state index in [1.165, 1.54) is 13.8 Å². The molecule has 8 nitrogen and oxygen atoms in total. The van der Waals surface area contributed by atoms with Crippen molar-refractivity contribution in [3.8, 4) is 11.3 Å². The summed E-state index contributed by atoms with van der Waals surface area (Å²) in [6.07, 6.45) is 1.79. The van der Waals surface area contributed by atoms with Crippen LogP contribution < -0.4 is 10.6 Å². The molecule has 0 aliphatic heterocycles. The van der Waals surface area contributed by atoms with E-state index in [4.69, 9.17) is 0 Å². The van der Waals surface area contributed by atoms with Gasteiger partial charge in [-0.1, -0.05) is 0 Å². The first-order chi connectivity index (χ1) is 13.5. The molecule has 0 saturated carbocycles. The number of aromatic amines is 2. The van der Waals surface area contributed by atoms with Gasteiger partial charge < -0.3 is 20.6 Å². The molecule has 140 valence electrons. The van der Waals surface area contributed by atoms with E-state index in [0.29, 0.717) is 22.5 Å². The standard InChI is InChI=1S/C20H17N5O3/c1-10(26)22-12-3-5-17-14(7-12)16(9-21-17)19-20(25-28)15-8-13(23-11(2)27)4-6-18(15)24-19/h3-9,21,24H,1-2H3,(H,22,26)(H,23,27). The van der Waals surface area contributed by atoms with Gasteiger partial charge in [0, 0.05) is 58.8 Å². The zero-order valence-corrected chi connectivity index (χ0v) is 15.2. The number of nitrogens with one attached hydrogen (secondary N) is 4. The molecule has 4 rings (SSSR count). The summed E-state index contributed by atoms with van der Waals surface area (Å²) in [7, 11) is 0. The smallest absolute Gasteiger partial charge is 0.221 e. The van der Waals surface area contributed by atoms with Gasteiger partial charge in [0.15, 0.2) is 0 Å². The van der Waals surface area contributed by atoms with Crippen molar-refractivity contribution in [1.82, 2.24) is 9.97 Å². The van der Waals surface area contributed by atoms with Crippen LogP contribution in [0.4, 0.5) is 17.1 Å². The molecule has 0 bridgehead atoms. The molecule has 0 unspecified atom stereocenters. The maximum atomic E-state index is 11.7. The van der Waals surface area contributed by atoms with Crippen LogP contribution in [0.5, 0.6) is 0 Å². The van der Waals surface area contributed by atoms with Gasteiger partial charge in [-0.05, 0) is 41.6 Å². The van der Waals surface area contributed by atoms with Gasteiger partial charge in [0.25, 0.3) is 0 Å². The molecule has 2 amide bonds. The van der Waals surface area contributed by atoms with E-state index < -0.39 is 0 Å². The van der Waals surface area contributed by atoms with Crippen molar-refractivity contribution < 1.29 is 9.59 Å². The summed E-state index contributed by atoms with van der Waals surface area (Å²) in [6.45, 7) is 2.87. The topological polar surface area (TPSA) is 119 Å². The van der Waals surface area contributed by atoms with Crippen LogP contribution in [0.3, 0.4) is 0 Å². The number of rotatable bonds is 4. The Morgan fingerprint density at radius 3 is 2.11 bits per heavy atom. The van der Waals surface area contributed by atoms with E-state index in [-0.39, 0.29) is 17.5 Å². The second kappa shape index (κ2) is 6.66. The van der Waals surface area contributed by atoms with Gasteiger partial charge in [0.1, 0.15) is 5.69 Å². The van der Waals surface area contributed by atoms with E-state index in [0.717, 1.165) is 22.0 Å². The van der Waals surface area contributed by atoms with Gasteiger partial charge in [-0.3, -0.25) is 9.59 Å². The summed E-state index contributed by atoms with van der Waals surface area (Å²) in [6, 6.07) is 10.7. The van der Waals surface area contributed by atoms with E-state index >= 15 is 0 Å². The second-order valence-corrected chi connectivity index (χ2v) is 6.53. The molecule has 0 spiro atoms. The van der Waals surface area contributed by atoms with Crippen LogP contribution >= 0.6 is 0 Å². The zero-order valence-electron chi connectivity index (χ0n) is 15.2. The lowest BCUT2D eigenvalue weighted by Crippen LogP contribution is -2.05. The van der Waals surface area contributed by atoms with E-state index in [9.17, 15) is 14.5 Å². The molecule has 0 fully saturated rings. The number of hydrogen-bond acceptors (Lipinski definition) is 4. The number of carbonyl (C=O) groups is 2. The van der Waals surface area contributed by atoms with Gasteiger partial charge in [0.2, 0.25) is 11.8 Å². The number of carbonyl (C=O) groups excluding carboxylic acids is 2. The lowest BCUT2D eigenvalue weighted by molar-refractivity contribution is -0.115. The van der Waals surface area contributed by atoms with Crippen molar-refractivity contribution in [2.75, 3.05) is 10.6 Å². The quantitative estimate of drug-likeness (QED) is 0.389. The summed E-state index contributed by atoms with van der Waals surface area (Å²) in [4.78, 5) is 40.7.